The van der Waals surface area contributed by atoms with Crippen molar-refractivity contribution < 1.29 is 50.7 Å². The van der Waals surface area contributed by atoms with Crippen LogP contribution >= 0.6 is 0 Å². The first-order valence-corrected chi connectivity index (χ1v) is 6.99. The molecular formula is C18H26Cl2Hf. The van der Waals surface area contributed by atoms with Gasteiger partial charge in [-0.1, -0.05) is 53.4 Å². The molecule has 21 heavy (non-hydrogen) atoms. The van der Waals surface area contributed by atoms with E-state index in [9.17, 15) is 0 Å². The van der Waals surface area contributed by atoms with Crippen LogP contribution in [0.5, 0.6) is 0 Å². The molecule has 0 N–H and O–H groups in total. The van der Waals surface area contributed by atoms with E-state index in [1.807, 2.05) is 0 Å². The fourth-order valence-corrected chi connectivity index (χ4v) is 2.48. The average Bonchev–Trinajstić information content (AvgIpc) is 2.87. The minimum Gasteiger partial charge on any atom is -1.00 e. The molecule has 0 aromatic heterocycles. The largest absolute Gasteiger partial charge is 4.00 e. The minimum absolute atomic E-state index is 0. The summed E-state index contributed by atoms with van der Waals surface area (Å²) in [6.07, 6.45) is 13.1. The van der Waals surface area contributed by atoms with Gasteiger partial charge in [0.25, 0.3) is 0 Å². The molecule has 2 rings (SSSR count). The molecule has 0 bridgehead atoms. The third-order valence-electron chi connectivity index (χ3n) is 3.49. The van der Waals surface area contributed by atoms with Gasteiger partial charge in [0.1, 0.15) is 0 Å². The van der Waals surface area contributed by atoms with Crippen LogP contribution in [0.15, 0.2) is 34.4 Å². The Balaban J connectivity index is -0.000000270. The number of halogens is 2. The molecule has 116 valence electrons. The zero-order valence-corrected chi connectivity index (χ0v) is 19.1. The number of allylic oxidation sites excluding steroid dienone is 8. The first-order valence-electron chi connectivity index (χ1n) is 6.99. The van der Waals surface area contributed by atoms with Gasteiger partial charge in [-0.3, -0.25) is 12.2 Å². The van der Waals surface area contributed by atoms with Crippen molar-refractivity contribution in [1.82, 2.24) is 0 Å². The summed E-state index contributed by atoms with van der Waals surface area (Å²) in [5.41, 5.74) is 5.67. The summed E-state index contributed by atoms with van der Waals surface area (Å²) in [4.78, 5) is 0. The van der Waals surface area contributed by atoms with Crippen molar-refractivity contribution in [3.8, 4) is 0 Å². The quantitative estimate of drug-likeness (QED) is 0.359. The van der Waals surface area contributed by atoms with Gasteiger partial charge >= 0.3 is 25.8 Å². The number of rotatable bonds is 2. The fraction of sp³-hybridized carbons (Fsp3) is 0.556. The van der Waals surface area contributed by atoms with Gasteiger partial charge in [-0.25, -0.2) is 11.1 Å². The molecule has 2 aliphatic rings. The SMILES string of the molecule is CC1=[C-]CC=C1C(C)C.CC1=[C-]CC=C1C(C)C.[Cl-].[Cl-].[Hf+4]. The maximum atomic E-state index is 3.27. The third kappa shape index (κ3) is 8.57. The van der Waals surface area contributed by atoms with Crippen LogP contribution in [-0.2, 0) is 25.8 Å². The van der Waals surface area contributed by atoms with Crippen molar-refractivity contribution in [2.45, 2.75) is 54.4 Å². The summed E-state index contributed by atoms with van der Waals surface area (Å²) in [5.74, 6) is 1.36. The van der Waals surface area contributed by atoms with E-state index in [0.717, 1.165) is 12.8 Å². The molecule has 0 fully saturated rings. The first kappa shape index (κ1) is 26.3. The van der Waals surface area contributed by atoms with Crippen LogP contribution in [0.1, 0.15) is 54.4 Å². The minimum atomic E-state index is 0. The molecule has 0 heterocycles. The molecule has 0 saturated heterocycles. The van der Waals surface area contributed by atoms with Crippen LogP contribution in [-0.4, -0.2) is 0 Å². The van der Waals surface area contributed by atoms with E-state index in [0.29, 0.717) is 11.8 Å². The Kier molecular flexibility index (Phi) is 16.2. The smallest absolute Gasteiger partial charge is 1.00 e. The maximum absolute atomic E-state index is 3.27. The van der Waals surface area contributed by atoms with Crippen molar-refractivity contribution in [2.75, 3.05) is 0 Å². The van der Waals surface area contributed by atoms with Gasteiger partial charge in [-0.15, -0.1) is 12.8 Å². The number of hydrogen-bond donors (Lipinski definition) is 0. The molecule has 0 radical (unpaired) electrons. The van der Waals surface area contributed by atoms with Crippen LogP contribution in [0.3, 0.4) is 0 Å². The monoisotopic (exact) mass is 492 g/mol. The molecule has 0 aromatic carbocycles. The summed E-state index contributed by atoms with van der Waals surface area (Å²) >= 11 is 0. The average molecular weight is 492 g/mol. The van der Waals surface area contributed by atoms with E-state index in [-0.39, 0.29) is 50.7 Å². The second-order valence-corrected chi connectivity index (χ2v) is 5.64. The van der Waals surface area contributed by atoms with Crippen LogP contribution in [0, 0.1) is 24.0 Å². The van der Waals surface area contributed by atoms with E-state index in [1.165, 1.54) is 22.3 Å². The van der Waals surface area contributed by atoms with Crippen molar-refractivity contribution in [3.05, 3.63) is 46.6 Å². The Morgan fingerprint density at radius 3 is 1.14 bits per heavy atom. The topological polar surface area (TPSA) is 0 Å². The van der Waals surface area contributed by atoms with Crippen LogP contribution in [0.2, 0.25) is 0 Å². The van der Waals surface area contributed by atoms with Gasteiger partial charge < -0.3 is 24.8 Å². The third-order valence-corrected chi connectivity index (χ3v) is 3.49. The first-order chi connectivity index (χ1) is 8.43. The molecule has 0 unspecified atom stereocenters. The van der Waals surface area contributed by atoms with E-state index in [4.69, 9.17) is 0 Å². The predicted molar refractivity (Wildman–Crippen MR) is 79.9 cm³/mol. The normalized spacial score (nSPS) is 15.6. The zero-order chi connectivity index (χ0) is 13.7. The number of hydrogen-bond acceptors (Lipinski definition) is 0. The second kappa shape index (κ2) is 12.9. The molecule has 0 aliphatic heterocycles. The molecule has 0 amide bonds. The summed E-state index contributed by atoms with van der Waals surface area (Å²) in [6.45, 7) is 13.2. The Morgan fingerprint density at radius 1 is 0.762 bits per heavy atom. The Bertz CT molecular complexity index is 373. The zero-order valence-electron chi connectivity index (χ0n) is 14.0. The Labute approximate surface area is 162 Å². The standard InChI is InChI=1S/2C9H13.2ClH.Hf/c2*1-7(2)9-6-4-5-8(9)3;;;/h2*6-7H,4H2,1-3H3;2*1H;/q2*-1;;;+4/p-2. The van der Waals surface area contributed by atoms with Crippen molar-refractivity contribution in [3.63, 3.8) is 0 Å². The van der Waals surface area contributed by atoms with Crippen molar-refractivity contribution in [2.24, 2.45) is 11.8 Å². The van der Waals surface area contributed by atoms with Crippen molar-refractivity contribution >= 4 is 0 Å². The summed E-state index contributed by atoms with van der Waals surface area (Å²) in [6, 6.07) is 0. The van der Waals surface area contributed by atoms with Gasteiger partial charge in [0.15, 0.2) is 0 Å². The fourth-order valence-electron chi connectivity index (χ4n) is 2.48. The molecule has 0 saturated carbocycles. The van der Waals surface area contributed by atoms with Gasteiger partial charge in [-0.2, -0.15) is 23.3 Å². The maximum Gasteiger partial charge on any atom is 4.00 e. The summed E-state index contributed by atoms with van der Waals surface area (Å²) in [5, 5.41) is 0. The van der Waals surface area contributed by atoms with Gasteiger partial charge in [0, 0.05) is 0 Å². The Morgan fingerprint density at radius 2 is 1.05 bits per heavy atom. The van der Waals surface area contributed by atoms with E-state index < -0.39 is 0 Å². The predicted octanol–water partition coefficient (Wildman–Crippen LogP) is -0.551. The molecule has 2 aliphatic carbocycles. The molecule has 0 spiro atoms. The van der Waals surface area contributed by atoms with Crippen LogP contribution < -0.4 is 24.8 Å². The Hall–Kier alpha value is 0.410. The summed E-state index contributed by atoms with van der Waals surface area (Å²) < 4.78 is 0. The molecule has 0 atom stereocenters. The van der Waals surface area contributed by atoms with Gasteiger partial charge in [0.2, 0.25) is 0 Å². The van der Waals surface area contributed by atoms with Gasteiger partial charge in [0.05, 0.1) is 0 Å². The molecule has 0 nitrogen and oxygen atoms in total. The van der Waals surface area contributed by atoms with Crippen molar-refractivity contribution in [1.29, 1.82) is 0 Å². The second-order valence-electron chi connectivity index (χ2n) is 5.64. The van der Waals surface area contributed by atoms with Crippen LogP contribution in [0.25, 0.3) is 0 Å². The van der Waals surface area contributed by atoms with E-state index in [1.54, 1.807) is 0 Å². The molecule has 0 aromatic rings. The van der Waals surface area contributed by atoms with Crippen LogP contribution in [0.4, 0.5) is 0 Å². The molecular weight excluding hydrogens is 466 g/mol. The molecule has 3 heteroatoms. The summed E-state index contributed by atoms with van der Waals surface area (Å²) in [7, 11) is 0. The van der Waals surface area contributed by atoms with Gasteiger partial charge in [-0.05, 0) is 0 Å². The van der Waals surface area contributed by atoms with E-state index in [2.05, 4.69) is 65.8 Å². The van der Waals surface area contributed by atoms with E-state index >= 15 is 0 Å².